The molecule has 0 bridgehead atoms. The van der Waals surface area contributed by atoms with E-state index in [0.717, 1.165) is 24.0 Å². The zero-order valence-electron chi connectivity index (χ0n) is 9.03. The topological polar surface area (TPSA) is 26.0 Å². The van der Waals surface area contributed by atoms with Gasteiger partial charge in [-0.05, 0) is 65.4 Å². The van der Waals surface area contributed by atoms with Gasteiger partial charge in [0.15, 0.2) is 0 Å². The van der Waals surface area contributed by atoms with Crippen LogP contribution in [0.1, 0.15) is 29.5 Å². The molecular formula is C12H15BrFN. The summed E-state index contributed by atoms with van der Waals surface area (Å²) >= 11 is 3.35. The lowest BCUT2D eigenvalue weighted by atomic mass is 9.89. The Kier molecular flexibility index (Phi) is 2.63. The van der Waals surface area contributed by atoms with Gasteiger partial charge >= 0.3 is 0 Å². The molecule has 0 unspecified atom stereocenters. The standard InChI is InChI=1S/C12H15BrFN/c1-7-5-9(14)11(13)10(8(7)2)12(6-15)3-4-12/h5H,3-4,6,15H2,1-2H3. The van der Waals surface area contributed by atoms with E-state index in [1.54, 1.807) is 6.07 Å². The van der Waals surface area contributed by atoms with Crippen molar-refractivity contribution in [2.75, 3.05) is 6.54 Å². The van der Waals surface area contributed by atoms with Crippen LogP contribution in [0.25, 0.3) is 0 Å². The fraction of sp³-hybridized carbons (Fsp3) is 0.500. The normalized spacial score (nSPS) is 17.9. The molecule has 0 spiro atoms. The SMILES string of the molecule is Cc1cc(F)c(Br)c(C2(CN)CC2)c1C. The largest absolute Gasteiger partial charge is 0.330 e. The minimum absolute atomic E-state index is 0.0375. The van der Waals surface area contributed by atoms with Crippen LogP contribution < -0.4 is 5.73 Å². The third kappa shape index (κ3) is 1.62. The van der Waals surface area contributed by atoms with Crippen molar-refractivity contribution in [1.29, 1.82) is 0 Å². The van der Waals surface area contributed by atoms with Crippen LogP contribution in [-0.2, 0) is 5.41 Å². The van der Waals surface area contributed by atoms with Gasteiger partial charge < -0.3 is 5.73 Å². The minimum atomic E-state index is -0.173. The van der Waals surface area contributed by atoms with Crippen LogP contribution in [0, 0.1) is 19.7 Å². The zero-order valence-corrected chi connectivity index (χ0v) is 10.6. The van der Waals surface area contributed by atoms with Gasteiger partial charge in [-0.1, -0.05) is 0 Å². The quantitative estimate of drug-likeness (QED) is 0.879. The molecule has 3 heteroatoms. The number of hydrogen-bond donors (Lipinski definition) is 1. The van der Waals surface area contributed by atoms with Crippen molar-refractivity contribution in [3.63, 3.8) is 0 Å². The minimum Gasteiger partial charge on any atom is -0.330 e. The van der Waals surface area contributed by atoms with Crippen molar-refractivity contribution in [3.8, 4) is 0 Å². The van der Waals surface area contributed by atoms with Crippen molar-refractivity contribution in [2.24, 2.45) is 5.73 Å². The Morgan fingerprint density at radius 3 is 2.53 bits per heavy atom. The molecule has 0 amide bonds. The molecule has 1 aliphatic carbocycles. The number of rotatable bonds is 2. The van der Waals surface area contributed by atoms with E-state index in [4.69, 9.17) is 5.73 Å². The summed E-state index contributed by atoms with van der Waals surface area (Å²) in [5.74, 6) is -0.173. The van der Waals surface area contributed by atoms with Crippen molar-refractivity contribution < 1.29 is 4.39 Å². The Morgan fingerprint density at radius 2 is 2.07 bits per heavy atom. The van der Waals surface area contributed by atoms with Gasteiger partial charge in [-0.25, -0.2) is 4.39 Å². The van der Waals surface area contributed by atoms with Crippen molar-refractivity contribution in [3.05, 3.63) is 33.0 Å². The van der Waals surface area contributed by atoms with Crippen molar-refractivity contribution >= 4 is 15.9 Å². The van der Waals surface area contributed by atoms with Gasteiger partial charge in [0, 0.05) is 12.0 Å². The van der Waals surface area contributed by atoms with E-state index in [9.17, 15) is 4.39 Å². The Hall–Kier alpha value is -0.410. The Balaban J connectivity index is 2.64. The summed E-state index contributed by atoms with van der Waals surface area (Å²) in [4.78, 5) is 0. The number of nitrogens with two attached hydrogens (primary N) is 1. The highest BCUT2D eigenvalue weighted by molar-refractivity contribution is 9.10. The molecule has 0 saturated heterocycles. The lowest BCUT2D eigenvalue weighted by molar-refractivity contribution is 0.604. The fourth-order valence-corrected chi connectivity index (χ4v) is 3.01. The Bertz CT molecular complexity index is 384. The maximum Gasteiger partial charge on any atom is 0.137 e. The van der Waals surface area contributed by atoms with Crippen LogP contribution in [0.3, 0.4) is 0 Å². The third-order valence-electron chi connectivity index (χ3n) is 3.51. The van der Waals surface area contributed by atoms with Gasteiger partial charge in [0.1, 0.15) is 5.82 Å². The molecule has 1 aromatic carbocycles. The van der Waals surface area contributed by atoms with E-state index in [1.807, 2.05) is 13.8 Å². The van der Waals surface area contributed by atoms with Gasteiger partial charge in [-0.2, -0.15) is 0 Å². The molecule has 0 radical (unpaired) electrons. The lowest BCUT2D eigenvalue weighted by Gasteiger charge is -2.20. The summed E-state index contributed by atoms with van der Waals surface area (Å²) < 4.78 is 14.2. The Morgan fingerprint density at radius 1 is 1.47 bits per heavy atom. The van der Waals surface area contributed by atoms with E-state index in [0.29, 0.717) is 11.0 Å². The van der Waals surface area contributed by atoms with Gasteiger partial charge in [0.2, 0.25) is 0 Å². The second-order valence-electron chi connectivity index (χ2n) is 4.47. The molecule has 1 aliphatic rings. The molecule has 82 valence electrons. The summed E-state index contributed by atoms with van der Waals surface area (Å²) in [6.07, 6.45) is 2.15. The fourth-order valence-electron chi connectivity index (χ4n) is 2.18. The highest BCUT2D eigenvalue weighted by Crippen LogP contribution is 2.51. The first-order chi connectivity index (χ1) is 7.02. The van der Waals surface area contributed by atoms with Crippen LogP contribution >= 0.6 is 15.9 Å². The summed E-state index contributed by atoms with van der Waals surface area (Å²) in [6, 6.07) is 1.58. The van der Waals surface area contributed by atoms with Gasteiger partial charge in [-0.3, -0.25) is 0 Å². The number of halogens is 2. The molecule has 0 aromatic heterocycles. The maximum absolute atomic E-state index is 13.6. The average Bonchev–Trinajstić information content (AvgIpc) is 2.96. The van der Waals surface area contributed by atoms with Crippen LogP contribution in [0.4, 0.5) is 4.39 Å². The summed E-state index contributed by atoms with van der Waals surface area (Å²) in [5, 5.41) is 0. The molecule has 15 heavy (non-hydrogen) atoms. The van der Waals surface area contributed by atoms with Gasteiger partial charge in [-0.15, -0.1) is 0 Å². The second kappa shape index (κ2) is 3.56. The van der Waals surface area contributed by atoms with Gasteiger partial charge in [0.05, 0.1) is 4.47 Å². The number of aryl methyl sites for hydroxylation is 1. The van der Waals surface area contributed by atoms with E-state index in [1.165, 1.54) is 5.56 Å². The molecule has 0 atom stereocenters. The van der Waals surface area contributed by atoms with Crippen molar-refractivity contribution in [2.45, 2.75) is 32.1 Å². The molecule has 1 fully saturated rings. The van der Waals surface area contributed by atoms with Crippen LogP contribution in [-0.4, -0.2) is 6.54 Å². The highest BCUT2D eigenvalue weighted by Gasteiger charge is 2.45. The molecular weight excluding hydrogens is 257 g/mol. The van der Waals surface area contributed by atoms with E-state index >= 15 is 0 Å². The summed E-state index contributed by atoms with van der Waals surface area (Å²) in [6.45, 7) is 4.60. The molecule has 0 aliphatic heterocycles. The first-order valence-corrected chi connectivity index (χ1v) is 5.97. The van der Waals surface area contributed by atoms with E-state index < -0.39 is 0 Å². The average molecular weight is 272 g/mol. The smallest absolute Gasteiger partial charge is 0.137 e. The zero-order chi connectivity index (χ0) is 11.2. The van der Waals surface area contributed by atoms with E-state index in [-0.39, 0.29) is 11.2 Å². The predicted octanol–water partition coefficient (Wildman–Crippen LogP) is 3.20. The molecule has 0 heterocycles. The summed E-state index contributed by atoms with van der Waals surface area (Å²) in [7, 11) is 0. The third-order valence-corrected chi connectivity index (χ3v) is 4.29. The Labute approximate surface area is 98.0 Å². The molecule has 1 saturated carbocycles. The van der Waals surface area contributed by atoms with Crippen LogP contribution in [0.5, 0.6) is 0 Å². The molecule has 1 nitrogen and oxygen atoms in total. The van der Waals surface area contributed by atoms with Crippen LogP contribution in [0.15, 0.2) is 10.5 Å². The second-order valence-corrected chi connectivity index (χ2v) is 5.27. The first-order valence-electron chi connectivity index (χ1n) is 5.17. The maximum atomic E-state index is 13.6. The monoisotopic (exact) mass is 271 g/mol. The lowest BCUT2D eigenvalue weighted by Crippen LogP contribution is -2.22. The van der Waals surface area contributed by atoms with Crippen LogP contribution in [0.2, 0.25) is 0 Å². The highest BCUT2D eigenvalue weighted by atomic mass is 79.9. The predicted molar refractivity (Wildman–Crippen MR) is 63.5 cm³/mol. The molecule has 2 N–H and O–H groups in total. The number of benzene rings is 1. The van der Waals surface area contributed by atoms with Gasteiger partial charge in [0.25, 0.3) is 0 Å². The first kappa shape index (κ1) is 11.1. The molecule has 2 rings (SSSR count). The summed E-state index contributed by atoms with van der Waals surface area (Å²) in [5.41, 5.74) is 9.10. The van der Waals surface area contributed by atoms with Crippen molar-refractivity contribution in [1.82, 2.24) is 0 Å². The van der Waals surface area contributed by atoms with E-state index in [2.05, 4.69) is 15.9 Å². The molecule has 1 aromatic rings. The number of hydrogen-bond acceptors (Lipinski definition) is 1.